The average molecular weight is 306 g/mol. The van der Waals surface area contributed by atoms with Crippen molar-refractivity contribution in [2.45, 2.75) is 103 Å². The molecule has 0 bridgehead atoms. The van der Waals surface area contributed by atoms with E-state index in [1.165, 1.54) is 70.6 Å². The van der Waals surface area contributed by atoms with Crippen LogP contribution in [-0.4, -0.2) is 17.7 Å². The molecule has 1 N–H and O–H groups in total. The van der Waals surface area contributed by atoms with E-state index < -0.39 is 5.97 Å². The Morgan fingerprint density at radius 3 is 1.14 bits per heavy atom. The summed E-state index contributed by atoms with van der Waals surface area (Å²) in [5, 5.41) is 18.8. The van der Waals surface area contributed by atoms with Crippen molar-refractivity contribution in [2.24, 2.45) is 0 Å². The largest absolute Gasteiger partial charge is 1.00 e. The van der Waals surface area contributed by atoms with Crippen LogP contribution in [0, 0.1) is 0 Å². The number of aliphatic carboxylic acids is 1. The zero-order valence-electron chi connectivity index (χ0n) is 14.8. The maximum Gasteiger partial charge on any atom is 1.00 e. The third-order valence-corrected chi connectivity index (χ3v) is 4.03. The minimum Gasteiger partial charge on any atom is -0.854 e. The van der Waals surface area contributed by atoms with E-state index in [0.29, 0.717) is 6.42 Å². The Morgan fingerprint density at radius 2 is 0.864 bits per heavy atom. The Kier molecular flexibility index (Phi) is 23.2. The Bertz CT molecular complexity index is 222. The molecule has 0 atom stereocenters. The van der Waals surface area contributed by atoms with Crippen molar-refractivity contribution in [3.63, 3.8) is 0 Å². The second-order valence-corrected chi connectivity index (χ2v) is 6.15. The van der Waals surface area contributed by atoms with Gasteiger partial charge in [0.05, 0.1) is 0 Å². The molecule has 0 rings (SSSR count). The van der Waals surface area contributed by atoms with Crippen molar-refractivity contribution < 1.29 is 33.9 Å². The molecule has 3 nitrogen and oxygen atoms in total. The fourth-order valence-electron chi connectivity index (χ4n) is 2.68. The smallest absolute Gasteiger partial charge is 0.854 e. The van der Waals surface area contributed by atoms with Gasteiger partial charge in [0.15, 0.2) is 0 Å². The zero-order chi connectivity index (χ0) is 15.6. The standard InChI is InChI=1S/C18H35O3.Li/c19-17-15-13-11-9-7-5-3-1-2-4-6-8-10-12-14-16-18(20)21;/h1-17H2,(H,20,21);/q-1;+1. The molecule has 0 amide bonds. The summed E-state index contributed by atoms with van der Waals surface area (Å²) in [6.45, 7) is 0.0968. The molecular weight excluding hydrogens is 271 g/mol. The number of rotatable bonds is 17. The monoisotopic (exact) mass is 306 g/mol. The minimum absolute atomic E-state index is 0. The van der Waals surface area contributed by atoms with E-state index in [4.69, 9.17) is 5.11 Å². The first-order valence-corrected chi connectivity index (χ1v) is 9.07. The van der Waals surface area contributed by atoms with Gasteiger partial charge in [-0.25, -0.2) is 0 Å². The van der Waals surface area contributed by atoms with Crippen LogP contribution in [0.2, 0.25) is 0 Å². The number of carbonyl (C=O) groups is 1. The summed E-state index contributed by atoms with van der Waals surface area (Å²) in [5.74, 6) is -0.666. The van der Waals surface area contributed by atoms with Crippen molar-refractivity contribution >= 4 is 5.97 Å². The Labute approximate surface area is 149 Å². The Hall–Kier alpha value is 0.0274. The Balaban J connectivity index is 0. The van der Waals surface area contributed by atoms with Crippen LogP contribution in [0.25, 0.3) is 0 Å². The van der Waals surface area contributed by atoms with Crippen molar-refractivity contribution in [1.29, 1.82) is 0 Å². The molecule has 4 heteroatoms. The predicted octanol–water partition coefficient (Wildman–Crippen LogP) is 1.68. The van der Waals surface area contributed by atoms with Crippen LogP contribution in [0.3, 0.4) is 0 Å². The van der Waals surface area contributed by atoms with E-state index in [1.807, 2.05) is 0 Å². The van der Waals surface area contributed by atoms with E-state index in [-0.39, 0.29) is 25.5 Å². The van der Waals surface area contributed by atoms with E-state index >= 15 is 0 Å². The van der Waals surface area contributed by atoms with Gasteiger partial charge in [0, 0.05) is 6.42 Å². The minimum atomic E-state index is -0.666. The van der Waals surface area contributed by atoms with Crippen LogP contribution in [0.5, 0.6) is 0 Å². The fourth-order valence-corrected chi connectivity index (χ4v) is 2.68. The predicted molar refractivity (Wildman–Crippen MR) is 86.4 cm³/mol. The third-order valence-electron chi connectivity index (χ3n) is 4.03. The van der Waals surface area contributed by atoms with Crippen molar-refractivity contribution in [1.82, 2.24) is 0 Å². The molecule has 0 aromatic rings. The van der Waals surface area contributed by atoms with Gasteiger partial charge in [-0.2, -0.15) is 0 Å². The van der Waals surface area contributed by atoms with Crippen LogP contribution < -0.4 is 24.0 Å². The maximum absolute atomic E-state index is 10.3. The number of unbranched alkanes of at least 4 members (excludes halogenated alkanes) is 14. The number of carboxylic acid groups (broad SMARTS) is 1. The summed E-state index contributed by atoms with van der Waals surface area (Å²) < 4.78 is 0. The van der Waals surface area contributed by atoms with E-state index in [2.05, 4.69) is 0 Å². The van der Waals surface area contributed by atoms with E-state index in [1.54, 1.807) is 0 Å². The van der Waals surface area contributed by atoms with Gasteiger partial charge < -0.3 is 10.2 Å². The van der Waals surface area contributed by atoms with Crippen molar-refractivity contribution in [3.8, 4) is 0 Å². The molecule has 0 saturated heterocycles. The summed E-state index contributed by atoms with van der Waals surface area (Å²) in [7, 11) is 0. The fraction of sp³-hybridized carbons (Fsp3) is 0.944. The molecule has 0 radical (unpaired) electrons. The van der Waals surface area contributed by atoms with Crippen molar-refractivity contribution in [2.75, 3.05) is 6.61 Å². The molecule has 0 spiro atoms. The molecule has 0 fully saturated rings. The first-order valence-electron chi connectivity index (χ1n) is 9.07. The van der Waals surface area contributed by atoms with Gasteiger partial charge in [0.1, 0.15) is 0 Å². The quantitative estimate of drug-likeness (QED) is 0.328. The first-order chi connectivity index (χ1) is 10.3. The average Bonchev–Trinajstić information content (AvgIpc) is 2.46. The molecule has 0 heterocycles. The first kappa shape index (κ1) is 24.3. The van der Waals surface area contributed by atoms with Gasteiger partial charge in [-0.15, -0.1) is 6.61 Å². The molecule has 126 valence electrons. The number of hydrogen-bond acceptors (Lipinski definition) is 2. The van der Waals surface area contributed by atoms with Crippen LogP contribution in [0.15, 0.2) is 0 Å². The third kappa shape index (κ3) is 22.3. The van der Waals surface area contributed by atoms with E-state index in [9.17, 15) is 9.90 Å². The molecule has 0 aliphatic carbocycles. The normalized spacial score (nSPS) is 10.4. The molecule has 0 aliphatic heterocycles. The molecule has 0 aromatic carbocycles. The molecule has 0 unspecified atom stereocenters. The topological polar surface area (TPSA) is 60.4 Å². The van der Waals surface area contributed by atoms with Crippen LogP contribution in [0.4, 0.5) is 0 Å². The summed E-state index contributed by atoms with van der Waals surface area (Å²) >= 11 is 0. The maximum atomic E-state index is 10.3. The summed E-state index contributed by atoms with van der Waals surface area (Å²) in [4.78, 5) is 10.3. The second-order valence-electron chi connectivity index (χ2n) is 6.15. The van der Waals surface area contributed by atoms with Gasteiger partial charge in [-0.05, 0) is 6.42 Å². The van der Waals surface area contributed by atoms with Gasteiger partial charge in [-0.3, -0.25) is 4.79 Å². The molecular formula is C18H35LiO3. The molecule has 0 aliphatic rings. The van der Waals surface area contributed by atoms with Crippen LogP contribution >= 0.6 is 0 Å². The van der Waals surface area contributed by atoms with E-state index in [0.717, 1.165) is 25.7 Å². The van der Waals surface area contributed by atoms with Gasteiger partial charge in [0.25, 0.3) is 0 Å². The van der Waals surface area contributed by atoms with Crippen molar-refractivity contribution in [3.05, 3.63) is 0 Å². The van der Waals surface area contributed by atoms with Gasteiger partial charge in [0.2, 0.25) is 0 Å². The van der Waals surface area contributed by atoms with Gasteiger partial charge >= 0.3 is 24.8 Å². The number of hydrogen-bond donors (Lipinski definition) is 1. The zero-order valence-corrected chi connectivity index (χ0v) is 14.8. The molecule has 22 heavy (non-hydrogen) atoms. The summed E-state index contributed by atoms with van der Waals surface area (Å²) in [5.41, 5.74) is 0. The second kappa shape index (κ2) is 21.0. The van der Waals surface area contributed by atoms with Crippen LogP contribution in [0.1, 0.15) is 103 Å². The molecule has 0 saturated carbocycles. The summed E-state index contributed by atoms with van der Waals surface area (Å²) in [6, 6.07) is 0. The van der Waals surface area contributed by atoms with Crippen LogP contribution in [-0.2, 0) is 4.79 Å². The summed E-state index contributed by atoms with van der Waals surface area (Å²) in [6.07, 6.45) is 18.6. The number of carboxylic acids is 1. The SMILES string of the molecule is O=C(O)CCCCCCCCCCCCCCCCC[O-].[Li+]. The molecule has 0 aromatic heterocycles. The van der Waals surface area contributed by atoms with Gasteiger partial charge in [-0.1, -0.05) is 89.9 Å². The Morgan fingerprint density at radius 1 is 0.591 bits per heavy atom.